The fourth-order valence-corrected chi connectivity index (χ4v) is 7.18. The second-order valence-electron chi connectivity index (χ2n) is 17.1. The third kappa shape index (κ3) is 48.0. The lowest BCUT2D eigenvalue weighted by molar-refractivity contribution is -0.167. The number of hydrogen-bond acceptors (Lipinski definition) is 6. The van der Waals surface area contributed by atoms with Crippen LogP contribution in [0.1, 0.15) is 252 Å². The van der Waals surface area contributed by atoms with Crippen LogP contribution in [0.4, 0.5) is 0 Å². The first kappa shape index (κ1) is 58.1. The maximum Gasteiger partial charge on any atom is 0.306 e. The summed E-state index contributed by atoms with van der Waals surface area (Å²) in [5, 5.41) is 0. The highest BCUT2D eigenvalue weighted by molar-refractivity contribution is 5.71. The van der Waals surface area contributed by atoms with Gasteiger partial charge in [0.15, 0.2) is 6.10 Å². The molecule has 0 saturated carbocycles. The molecule has 0 N–H and O–H groups in total. The summed E-state index contributed by atoms with van der Waals surface area (Å²) < 4.78 is 16.6. The van der Waals surface area contributed by atoms with Gasteiger partial charge in [-0.2, -0.15) is 0 Å². The molecular weight excluding hydrogens is 757 g/mol. The molecule has 6 nitrogen and oxygen atoms in total. The van der Waals surface area contributed by atoms with Crippen molar-refractivity contribution in [1.29, 1.82) is 0 Å². The smallest absolute Gasteiger partial charge is 0.306 e. The van der Waals surface area contributed by atoms with Crippen molar-refractivity contribution in [2.45, 2.75) is 258 Å². The van der Waals surface area contributed by atoms with Crippen LogP contribution in [0.3, 0.4) is 0 Å². The lowest BCUT2D eigenvalue weighted by atomic mass is 10.0. The van der Waals surface area contributed by atoms with Crippen LogP contribution in [0.5, 0.6) is 0 Å². The van der Waals surface area contributed by atoms with E-state index in [1.165, 1.54) is 128 Å². The summed E-state index contributed by atoms with van der Waals surface area (Å²) in [5.74, 6) is -0.958. The standard InChI is InChI=1S/C55H96O6/c1-4-7-10-13-16-18-20-22-24-26-27-28-30-31-33-35-37-39-42-45-48-54(57)60-51-52(50-59-53(56)47-44-41-15-12-9-6-3)61-55(58)49-46-43-40-38-36-34-32-29-25-23-21-19-17-14-11-8-5-2/h8,11,17,19,23,25,32,34,38,40,52H,4-7,9-10,12-16,18,20-22,24,26-31,33,35-37,39,41-51H2,1-3H3/b11-8-,19-17-,25-23-,34-32-,40-38-. The second-order valence-corrected chi connectivity index (χ2v) is 17.1. The molecule has 0 aliphatic rings. The molecule has 0 rings (SSSR count). The van der Waals surface area contributed by atoms with E-state index < -0.39 is 6.10 Å². The van der Waals surface area contributed by atoms with Gasteiger partial charge in [0, 0.05) is 19.3 Å². The molecule has 1 unspecified atom stereocenters. The van der Waals surface area contributed by atoms with E-state index in [9.17, 15) is 14.4 Å². The van der Waals surface area contributed by atoms with E-state index in [0.29, 0.717) is 19.3 Å². The van der Waals surface area contributed by atoms with Crippen molar-refractivity contribution >= 4 is 17.9 Å². The molecule has 0 aromatic carbocycles. The van der Waals surface area contributed by atoms with Crippen LogP contribution in [0.2, 0.25) is 0 Å². The van der Waals surface area contributed by atoms with Crippen LogP contribution in [-0.2, 0) is 28.6 Å². The largest absolute Gasteiger partial charge is 0.462 e. The third-order valence-electron chi connectivity index (χ3n) is 11.0. The molecule has 0 aliphatic heterocycles. The molecule has 0 fully saturated rings. The summed E-state index contributed by atoms with van der Waals surface area (Å²) in [6.45, 7) is 6.43. The van der Waals surface area contributed by atoms with E-state index in [0.717, 1.165) is 77.0 Å². The van der Waals surface area contributed by atoms with Crippen LogP contribution in [0.15, 0.2) is 60.8 Å². The zero-order valence-electron chi connectivity index (χ0n) is 40.2. The highest BCUT2D eigenvalue weighted by Gasteiger charge is 2.19. The Bertz CT molecular complexity index is 1120. The van der Waals surface area contributed by atoms with Gasteiger partial charge >= 0.3 is 17.9 Å². The number of allylic oxidation sites excluding steroid dienone is 10. The van der Waals surface area contributed by atoms with E-state index >= 15 is 0 Å². The van der Waals surface area contributed by atoms with Crippen molar-refractivity contribution in [1.82, 2.24) is 0 Å². The molecule has 6 heteroatoms. The molecule has 0 heterocycles. The predicted molar refractivity (Wildman–Crippen MR) is 261 cm³/mol. The van der Waals surface area contributed by atoms with Gasteiger partial charge in [0.1, 0.15) is 13.2 Å². The first-order valence-corrected chi connectivity index (χ1v) is 25.8. The number of rotatable bonds is 46. The SMILES string of the molecule is CC/C=C\C/C=C\C/C=C\C/C=C\C/C=C\CCCC(=O)OC(COC(=O)CCCCCCCC)COC(=O)CCCCCCCCCCCCCCCCCCCCCC. The van der Waals surface area contributed by atoms with Crippen LogP contribution < -0.4 is 0 Å². The average molecular weight is 853 g/mol. The van der Waals surface area contributed by atoms with Gasteiger partial charge in [-0.1, -0.05) is 236 Å². The normalized spacial score (nSPS) is 12.5. The van der Waals surface area contributed by atoms with Crippen LogP contribution in [0.25, 0.3) is 0 Å². The monoisotopic (exact) mass is 853 g/mol. The molecule has 0 aromatic heterocycles. The van der Waals surface area contributed by atoms with E-state index in [4.69, 9.17) is 14.2 Å². The fraction of sp³-hybridized carbons (Fsp3) is 0.764. The minimum atomic E-state index is -0.798. The molecule has 0 saturated heterocycles. The Morgan fingerprint density at radius 2 is 0.639 bits per heavy atom. The van der Waals surface area contributed by atoms with E-state index in [1.54, 1.807) is 0 Å². The van der Waals surface area contributed by atoms with Gasteiger partial charge < -0.3 is 14.2 Å². The Morgan fingerprint density at radius 3 is 0.984 bits per heavy atom. The minimum Gasteiger partial charge on any atom is -0.462 e. The van der Waals surface area contributed by atoms with E-state index in [-0.39, 0.29) is 37.5 Å². The average Bonchev–Trinajstić information content (AvgIpc) is 3.26. The summed E-state index contributed by atoms with van der Waals surface area (Å²) in [5.41, 5.74) is 0. The number of carbonyl (C=O) groups excluding carboxylic acids is 3. The number of ether oxygens (including phenoxy) is 3. The summed E-state index contributed by atoms with van der Waals surface area (Å²) in [4.78, 5) is 37.7. The van der Waals surface area contributed by atoms with Crippen molar-refractivity contribution in [2.75, 3.05) is 13.2 Å². The molecular formula is C55H96O6. The maximum absolute atomic E-state index is 12.7. The summed E-state index contributed by atoms with van der Waals surface area (Å²) >= 11 is 0. The van der Waals surface area contributed by atoms with Gasteiger partial charge in [-0.05, 0) is 57.8 Å². The molecule has 0 amide bonds. The summed E-state index contributed by atoms with van der Waals surface area (Å²) in [7, 11) is 0. The number of carbonyl (C=O) groups is 3. The Morgan fingerprint density at radius 1 is 0.344 bits per heavy atom. The van der Waals surface area contributed by atoms with Crippen molar-refractivity contribution in [3.63, 3.8) is 0 Å². The van der Waals surface area contributed by atoms with E-state index in [2.05, 4.69) is 81.5 Å². The minimum absolute atomic E-state index is 0.0944. The quantitative estimate of drug-likeness (QED) is 0.0263. The summed E-state index contributed by atoms with van der Waals surface area (Å²) in [6, 6.07) is 0. The molecule has 61 heavy (non-hydrogen) atoms. The fourth-order valence-electron chi connectivity index (χ4n) is 7.18. The van der Waals surface area contributed by atoms with Gasteiger partial charge in [-0.15, -0.1) is 0 Å². The van der Waals surface area contributed by atoms with Crippen LogP contribution >= 0.6 is 0 Å². The van der Waals surface area contributed by atoms with Crippen molar-refractivity contribution in [3.8, 4) is 0 Å². The Hall–Kier alpha value is -2.89. The van der Waals surface area contributed by atoms with Crippen LogP contribution in [0, 0.1) is 0 Å². The van der Waals surface area contributed by atoms with Gasteiger partial charge in [-0.3, -0.25) is 14.4 Å². The summed E-state index contributed by atoms with van der Waals surface area (Å²) in [6.07, 6.45) is 61.0. The zero-order chi connectivity index (χ0) is 44.4. The molecule has 352 valence electrons. The molecule has 0 aliphatic carbocycles. The molecule has 0 radical (unpaired) electrons. The van der Waals surface area contributed by atoms with E-state index in [1.807, 2.05) is 0 Å². The van der Waals surface area contributed by atoms with Crippen molar-refractivity contribution in [2.24, 2.45) is 0 Å². The third-order valence-corrected chi connectivity index (χ3v) is 11.0. The highest BCUT2D eigenvalue weighted by Crippen LogP contribution is 2.16. The number of esters is 3. The Balaban J connectivity index is 4.25. The molecule has 0 spiro atoms. The van der Waals surface area contributed by atoms with Gasteiger partial charge in [-0.25, -0.2) is 0 Å². The van der Waals surface area contributed by atoms with Crippen molar-refractivity contribution in [3.05, 3.63) is 60.8 Å². The molecule has 0 bridgehead atoms. The Labute approximate surface area is 377 Å². The number of unbranched alkanes of at least 4 members (excludes halogenated alkanes) is 25. The van der Waals surface area contributed by atoms with Crippen LogP contribution in [-0.4, -0.2) is 37.2 Å². The highest BCUT2D eigenvalue weighted by atomic mass is 16.6. The number of hydrogen-bond donors (Lipinski definition) is 0. The van der Waals surface area contributed by atoms with Gasteiger partial charge in [0.2, 0.25) is 0 Å². The lowest BCUT2D eigenvalue weighted by Crippen LogP contribution is -2.30. The molecule has 1 atom stereocenters. The maximum atomic E-state index is 12.7. The van der Waals surface area contributed by atoms with Gasteiger partial charge in [0.25, 0.3) is 0 Å². The molecule has 0 aromatic rings. The first-order valence-electron chi connectivity index (χ1n) is 25.8. The predicted octanol–water partition coefficient (Wildman–Crippen LogP) is 16.9. The first-order chi connectivity index (χ1) is 30.0. The lowest BCUT2D eigenvalue weighted by Gasteiger charge is -2.18. The van der Waals surface area contributed by atoms with Gasteiger partial charge in [0.05, 0.1) is 0 Å². The second kappa shape index (κ2) is 49.8. The Kier molecular flexibility index (Phi) is 47.4. The zero-order valence-corrected chi connectivity index (χ0v) is 40.2. The van der Waals surface area contributed by atoms with Crippen molar-refractivity contribution < 1.29 is 28.6 Å². The topological polar surface area (TPSA) is 78.9 Å².